The number of pyridine rings is 1. The highest BCUT2D eigenvalue weighted by molar-refractivity contribution is 8.32. The van der Waals surface area contributed by atoms with E-state index >= 15 is 0 Å². The molecule has 3 aliphatic heterocycles. The average molecular weight is 614 g/mol. The maximum absolute atomic E-state index is 10.2. The molecule has 1 aromatic carbocycles. The first-order chi connectivity index (χ1) is 20.2. The molecule has 2 aromatic heterocycles. The Hall–Kier alpha value is -2.19. The van der Waals surface area contributed by atoms with E-state index in [0.29, 0.717) is 24.9 Å². The Morgan fingerprint density at radius 1 is 1.00 bits per heavy atom. The summed E-state index contributed by atoms with van der Waals surface area (Å²) in [7, 11) is -1.12. The molecule has 3 aliphatic rings. The van der Waals surface area contributed by atoms with E-state index in [-0.39, 0.29) is 31.6 Å². The molecule has 234 valence electrons. The Bertz CT molecular complexity index is 1460. The maximum Gasteiger partial charge on any atom is 0.494 e. The van der Waals surface area contributed by atoms with Crippen LogP contribution >= 0.6 is 10.0 Å². The van der Waals surface area contributed by atoms with Crippen LogP contribution in [-0.2, 0) is 30.3 Å². The molecule has 1 N–H and O–H groups in total. The number of aryl methyl sites for hydroxylation is 1. The monoisotopic (exact) mass is 613 g/mol. The Morgan fingerprint density at radius 3 is 2.35 bits per heavy atom. The number of ether oxygens (including phenoxy) is 4. The van der Waals surface area contributed by atoms with Crippen LogP contribution in [0.3, 0.4) is 0 Å². The quantitative estimate of drug-likeness (QED) is 0.288. The van der Waals surface area contributed by atoms with Crippen molar-refractivity contribution < 1.29 is 33.4 Å². The summed E-state index contributed by atoms with van der Waals surface area (Å²) in [6, 6.07) is 10.6. The Morgan fingerprint density at radius 2 is 1.67 bits per heavy atom. The summed E-state index contributed by atoms with van der Waals surface area (Å²) in [5.74, 6) is 0.995. The Balaban J connectivity index is 1.29. The highest BCUT2D eigenvalue weighted by atomic mass is 32.3. The van der Waals surface area contributed by atoms with Gasteiger partial charge < -0.3 is 33.4 Å². The molecule has 0 radical (unpaired) electrons. The van der Waals surface area contributed by atoms with Crippen molar-refractivity contribution in [2.75, 3.05) is 44.3 Å². The number of benzene rings is 1. The minimum atomic E-state index is -0.694. The number of aliphatic hydroxyl groups is 1. The van der Waals surface area contributed by atoms with Crippen molar-refractivity contribution in [1.29, 1.82) is 0 Å². The molecule has 3 aromatic rings. The van der Waals surface area contributed by atoms with E-state index in [1.54, 1.807) is 0 Å². The van der Waals surface area contributed by atoms with Gasteiger partial charge in [0.2, 0.25) is 0 Å². The third kappa shape index (κ3) is 6.07. The first-order valence-corrected chi connectivity index (χ1v) is 17.9. The molecule has 0 bridgehead atoms. The van der Waals surface area contributed by atoms with Crippen molar-refractivity contribution in [3.8, 4) is 17.3 Å². The summed E-state index contributed by atoms with van der Waals surface area (Å²) in [6.45, 7) is 11.7. The average Bonchev–Trinajstić information content (AvgIpc) is 3.64. The van der Waals surface area contributed by atoms with Crippen LogP contribution in [0.4, 0.5) is 0 Å². The second-order valence-corrected chi connectivity index (χ2v) is 18.3. The Labute approximate surface area is 255 Å². The summed E-state index contributed by atoms with van der Waals surface area (Å²) in [4.78, 5) is 9.92. The van der Waals surface area contributed by atoms with Gasteiger partial charge in [0.1, 0.15) is 30.6 Å². The molecule has 0 aliphatic carbocycles. The number of nitrogens with zero attached hydrogens (tertiary/aromatic N) is 3. The molecule has 3 saturated heterocycles. The standard InChI is InChI=1S/C31H44BN3O7S/c1-19-15-22-28(34-25(19)20-9-11-21(12-10-20)32-41-30(2,3)31(4,5)42-32)35(18-37-13-14-43(6,7)8)29(33-22)40-24-17-39-26-23(36)16-38-27(24)26/h9-12,15,23-24,26-27,36H,13-14,16-18H2,1-8H3/t23?,24?,26-,27-/m1/s1. The topological polar surface area (TPSA) is 106 Å². The molecular formula is C31H44BN3O7S. The van der Waals surface area contributed by atoms with Gasteiger partial charge in [-0.2, -0.15) is 4.98 Å². The van der Waals surface area contributed by atoms with Crippen molar-refractivity contribution in [2.24, 2.45) is 0 Å². The molecule has 0 saturated carbocycles. The lowest BCUT2D eigenvalue weighted by molar-refractivity contribution is 0.00344. The zero-order valence-corrected chi connectivity index (χ0v) is 27.3. The summed E-state index contributed by atoms with van der Waals surface area (Å²) >= 11 is 0. The largest absolute Gasteiger partial charge is 0.494 e. The lowest BCUT2D eigenvalue weighted by Gasteiger charge is -2.32. The van der Waals surface area contributed by atoms with Gasteiger partial charge in [-0.25, -0.2) is 15.0 Å². The summed E-state index contributed by atoms with van der Waals surface area (Å²) in [6.07, 6.45) is 5.06. The van der Waals surface area contributed by atoms with Crippen molar-refractivity contribution >= 4 is 33.8 Å². The van der Waals surface area contributed by atoms with Crippen LogP contribution in [0.2, 0.25) is 0 Å². The molecule has 10 nitrogen and oxygen atoms in total. The minimum Gasteiger partial charge on any atom is -0.456 e. The van der Waals surface area contributed by atoms with Gasteiger partial charge in [0.05, 0.1) is 36.7 Å². The number of fused-ring (bicyclic) bond motifs is 2. The number of hydrogen-bond acceptors (Lipinski definition) is 9. The van der Waals surface area contributed by atoms with Crippen molar-refractivity contribution in [2.45, 2.75) is 77.0 Å². The second kappa shape index (κ2) is 11.3. The highest BCUT2D eigenvalue weighted by Gasteiger charge is 2.52. The Kier molecular flexibility index (Phi) is 8.11. The van der Waals surface area contributed by atoms with Gasteiger partial charge in [-0.3, -0.25) is 4.57 Å². The van der Waals surface area contributed by atoms with E-state index in [1.165, 1.54) is 0 Å². The molecule has 6 rings (SSSR count). The second-order valence-electron chi connectivity index (χ2n) is 13.7. The van der Waals surface area contributed by atoms with E-state index in [9.17, 15) is 5.11 Å². The molecule has 2 unspecified atom stereocenters. The predicted octanol–water partition coefficient (Wildman–Crippen LogP) is 3.28. The fourth-order valence-corrected chi connectivity index (χ4v) is 6.16. The number of aliphatic hydroxyl groups excluding tert-OH is 1. The van der Waals surface area contributed by atoms with E-state index in [0.717, 1.165) is 33.6 Å². The van der Waals surface area contributed by atoms with Gasteiger partial charge in [-0.15, -0.1) is 0 Å². The third-order valence-electron chi connectivity index (χ3n) is 8.88. The smallest absolute Gasteiger partial charge is 0.456 e. The van der Waals surface area contributed by atoms with Gasteiger partial charge in [-0.1, -0.05) is 24.3 Å². The zero-order chi connectivity index (χ0) is 30.7. The summed E-state index contributed by atoms with van der Waals surface area (Å²) in [5, 5.41) is 10.2. The molecule has 0 amide bonds. The first kappa shape index (κ1) is 30.8. The van der Waals surface area contributed by atoms with Gasteiger partial charge in [0.25, 0.3) is 0 Å². The molecular weight excluding hydrogens is 569 g/mol. The van der Waals surface area contributed by atoms with Crippen LogP contribution in [0, 0.1) is 6.92 Å². The normalized spacial score (nSPS) is 26.8. The number of rotatable bonds is 9. The van der Waals surface area contributed by atoms with Crippen molar-refractivity contribution in [3.63, 3.8) is 0 Å². The molecule has 43 heavy (non-hydrogen) atoms. The molecule has 0 spiro atoms. The van der Waals surface area contributed by atoms with Gasteiger partial charge in [0, 0.05) is 11.3 Å². The van der Waals surface area contributed by atoms with Crippen LogP contribution < -0.4 is 10.2 Å². The fourth-order valence-electron chi connectivity index (χ4n) is 5.55. The number of imidazole rings is 1. The lowest BCUT2D eigenvalue weighted by atomic mass is 9.78. The molecule has 5 heterocycles. The van der Waals surface area contributed by atoms with Crippen molar-refractivity contribution in [1.82, 2.24) is 14.5 Å². The minimum absolute atomic E-state index is 0.237. The van der Waals surface area contributed by atoms with Crippen LogP contribution in [0.1, 0.15) is 33.3 Å². The van der Waals surface area contributed by atoms with E-state index in [2.05, 4.69) is 58.6 Å². The van der Waals surface area contributed by atoms with Crippen molar-refractivity contribution in [3.05, 3.63) is 35.9 Å². The van der Waals surface area contributed by atoms with E-state index in [4.69, 9.17) is 38.2 Å². The number of aromatic nitrogens is 3. The van der Waals surface area contributed by atoms with Gasteiger partial charge >= 0.3 is 13.1 Å². The highest BCUT2D eigenvalue weighted by Crippen LogP contribution is 2.37. The summed E-state index contributed by atoms with van der Waals surface area (Å²) in [5.41, 5.74) is 4.39. The van der Waals surface area contributed by atoms with E-state index in [1.807, 2.05) is 29.7 Å². The van der Waals surface area contributed by atoms with Crippen LogP contribution in [0.15, 0.2) is 30.3 Å². The van der Waals surface area contributed by atoms with Gasteiger partial charge in [-0.05, 0) is 70.5 Å². The zero-order valence-electron chi connectivity index (χ0n) is 26.5. The first-order valence-electron chi connectivity index (χ1n) is 14.9. The summed E-state index contributed by atoms with van der Waals surface area (Å²) < 4.78 is 38.5. The lowest BCUT2D eigenvalue weighted by Crippen LogP contribution is -2.41. The predicted molar refractivity (Wildman–Crippen MR) is 170 cm³/mol. The maximum atomic E-state index is 10.2. The fraction of sp³-hybridized carbons (Fsp3) is 0.613. The molecule has 3 fully saturated rings. The molecule has 4 atom stereocenters. The van der Waals surface area contributed by atoms with Crippen LogP contribution in [0.25, 0.3) is 22.4 Å². The van der Waals surface area contributed by atoms with Gasteiger partial charge in [0.15, 0.2) is 11.8 Å². The van der Waals surface area contributed by atoms with Crippen LogP contribution in [0.5, 0.6) is 6.01 Å². The van der Waals surface area contributed by atoms with E-state index < -0.39 is 34.5 Å². The van der Waals surface area contributed by atoms with Crippen LogP contribution in [-0.4, -0.2) is 107 Å². The third-order valence-corrected chi connectivity index (χ3v) is 10.3. The molecule has 12 heteroatoms. The number of hydrogen-bond donors (Lipinski definition) is 1. The SMILES string of the molecule is Cc1cc2nc(OC3CO[C@@H]4C(O)CO[C@H]34)n(COCCS(C)(C)C)c2nc1-c1ccc(B2OC(C)(C)C(C)(C)O2)cc1.